The smallest absolute Gasteiger partial charge is 0.247 e. The Labute approximate surface area is 132 Å². The van der Waals surface area contributed by atoms with E-state index in [0.29, 0.717) is 0 Å². The van der Waals surface area contributed by atoms with Crippen LogP contribution >= 0.6 is 15.9 Å². The molecule has 2 N–H and O–H groups in total. The van der Waals surface area contributed by atoms with Crippen LogP contribution in [0.25, 0.3) is 0 Å². The highest BCUT2D eigenvalue weighted by Crippen LogP contribution is 2.28. The van der Waals surface area contributed by atoms with E-state index in [1.54, 1.807) is 0 Å². The molecule has 0 aliphatic carbocycles. The maximum absolute atomic E-state index is 12.5. The first-order chi connectivity index (χ1) is 10.0. The van der Waals surface area contributed by atoms with Gasteiger partial charge in [-0.25, -0.2) is 0 Å². The standard InChI is InChI=1S/C17H17BrN2O/c1-10-7-13(18)8-11(2)16(10)20-17(21)15-9-12-5-3-4-6-14(12)19-15/h3-8,15,19H,9H2,1-2H3,(H,20,21). The summed E-state index contributed by atoms with van der Waals surface area (Å²) in [6.07, 6.45) is 0.733. The lowest BCUT2D eigenvalue weighted by Crippen LogP contribution is -2.33. The third-order valence-corrected chi connectivity index (χ3v) is 4.29. The number of para-hydroxylation sites is 1. The van der Waals surface area contributed by atoms with Gasteiger partial charge in [0.05, 0.1) is 0 Å². The zero-order valence-corrected chi connectivity index (χ0v) is 13.6. The van der Waals surface area contributed by atoms with Gasteiger partial charge in [-0.15, -0.1) is 0 Å². The number of amides is 1. The molecule has 108 valence electrons. The normalized spacial score (nSPS) is 16.2. The second-order valence-electron chi connectivity index (χ2n) is 5.46. The third-order valence-electron chi connectivity index (χ3n) is 3.83. The second-order valence-corrected chi connectivity index (χ2v) is 6.38. The van der Waals surface area contributed by atoms with Gasteiger partial charge in [0.15, 0.2) is 0 Å². The van der Waals surface area contributed by atoms with E-state index in [9.17, 15) is 4.79 Å². The lowest BCUT2D eigenvalue weighted by molar-refractivity contribution is -0.116. The average Bonchev–Trinajstić information content (AvgIpc) is 2.86. The third kappa shape index (κ3) is 2.81. The van der Waals surface area contributed by atoms with Crippen LogP contribution in [0.2, 0.25) is 0 Å². The van der Waals surface area contributed by atoms with Gasteiger partial charge < -0.3 is 10.6 Å². The number of carbonyl (C=O) groups excluding carboxylic acids is 1. The summed E-state index contributed by atoms with van der Waals surface area (Å²) in [4.78, 5) is 12.5. The van der Waals surface area contributed by atoms with Gasteiger partial charge in [0.25, 0.3) is 0 Å². The van der Waals surface area contributed by atoms with Crippen molar-refractivity contribution >= 4 is 33.2 Å². The first kappa shape index (κ1) is 14.1. The summed E-state index contributed by atoms with van der Waals surface area (Å²) in [5.74, 6) is 0.0136. The SMILES string of the molecule is Cc1cc(Br)cc(C)c1NC(=O)C1Cc2ccccc2N1. The van der Waals surface area contributed by atoms with Crippen molar-refractivity contribution in [3.05, 3.63) is 57.6 Å². The van der Waals surface area contributed by atoms with Crippen LogP contribution in [0.15, 0.2) is 40.9 Å². The van der Waals surface area contributed by atoms with Crippen LogP contribution in [0.5, 0.6) is 0 Å². The van der Waals surface area contributed by atoms with Crippen LogP contribution in [0.4, 0.5) is 11.4 Å². The molecule has 3 rings (SSSR count). The minimum atomic E-state index is -0.204. The first-order valence-corrected chi connectivity index (χ1v) is 7.76. The number of rotatable bonds is 2. The van der Waals surface area contributed by atoms with Crippen molar-refractivity contribution in [1.82, 2.24) is 0 Å². The average molecular weight is 345 g/mol. The fourth-order valence-electron chi connectivity index (χ4n) is 2.77. The molecule has 2 aromatic rings. The Bertz CT molecular complexity index is 664. The van der Waals surface area contributed by atoms with Crippen molar-refractivity contribution in [2.75, 3.05) is 10.6 Å². The molecule has 0 bridgehead atoms. The molecule has 0 radical (unpaired) electrons. The molecule has 0 spiro atoms. The van der Waals surface area contributed by atoms with Crippen molar-refractivity contribution < 1.29 is 4.79 Å². The molecule has 4 heteroatoms. The number of aryl methyl sites for hydroxylation is 2. The molecule has 1 unspecified atom stereocenters. The molecule has 1 atom stereocenters. The second kappa shape index (κ2) is 5.53. The van der Waals surface area contributed by atoms with E-state index >= 15 is 0 Å². The maximum Gasteiger partial charge on any atom is 0.247 e. The monoisotopic (exact) mass is 344 g/mol. The lowest BCUT2D eigenvalue weighted by atomic mass is 10.1. The van der Waals surface area contributed by atoms with E-state index in [1.807, 2.05) is 44.2 Å². The fourth-order valence-corrected chi connectivity index (χ4v) is 3.46. The largest absolute Gasteiger partial charge is 0.373 e. The summed E-state index contributed by atoms with van der Waals surface area (Å²) < 4.78 is 1.03. The van der Waals surface area contributed by atoms with E-state index < -0.39 is 0 Å². The summed E-state index contributed by atoms with van der Waals surface area (Å²) in [7, 11) is 0. The van der Waals surface area contributed by atoms with Gasteiger partial charge in [0.1, 0.15) is 6.04 Å². The minimum Gasteiger partial charge on any atom is -0.373 e. The molecule has 3 nitrogen and oxygen atoms in total. The first-order valence-electron chi connectivity index (χ1n) is 6.96. The van der Waals surface area contributed by atoms with Crippen LogP contribution in [0.3, 0.4) is 0 Å². The van der Waals surface area contributed by atoms with Gasteiger partial charge in [0.2, 0.25) is 5.91 Å². The van der Waals surface area contributed by atoms with Crippen LogP contribution in [0.1, 0.15) is 16.7 Å². The maximum atomic E-state index is 12.5. The van der Waals surface area contributed by atoms with Gasteiger partial charge in [-0.1, -0.05) is 34.1 Å². The van der Waals surface area contributed by atoms with Gasteiger partial charge in [-0.3, -0.25) is 4.79 Å². The number of hydrogen-bond donors (Lipinski definition) is 2. The molecule has 0 aromatic heterocycles. The predicted molar refractivity (Wildman–Crippen MR) is 89.8 cm³/mol. The molecule has 1 aliphatic heterocycles. The van der Waals surface area contributed by atoms with E-state index in [1.165, 1.54) is 5.56 Å². The Kier molecular flexibility index (Phi) is 3.72. The molecular weight excluding hydrogens is 328 g/mol. The molecule has 2 aromatic carbocycles. The Morgan fingerprint density at radius 2 is 1.90 bits per heavy atom. The van der Waals surface area contributed by atoms with Crippen LogP contribution in [-0.2, 0) is 11.2 Å². The summed E-state index contributed by atoms with van der Waals surface area (Å²) >= 11 is 3.47. The van der Waals surface area contributed by atoms with Crippen molar-refractivity contribution in [1.29, 1.82) is 0 Å². The van der Waals surface area contributed by atoms with Crippen LogP contribution in [0, 0.1) is 13.8 Å². The quantitative estimate of drug-likeness (QED) is 0.863. The van der Waals surface area contributed by atoms with E-state index in [4.69, 9.17) is 0 Å². The van der Waals surface area contributed by atoms with Crippen molar-refractivity contribution in [2.24, 2.45) is 0 Å². The summed E-state index contributed by atoms with van der Waals surface area (Å²) in [5.41, 5.74) is 5.28. The molecule has 1 aliphatic rings. The number of benzene rings is 2. The molecule has 1 amide bonds. The lowest BCUT2D eigenvalue weighted by Gasteiger charge is -2.16. The van der Waals surface area contributed by atoms with E-state index in [-0.39, 0.29) is 11.9 Å². The topological polar surface area (TPSA) is 41.1 Å². The van der Waals surface area contributed by atoms with Crippen molar-refractivity contribution in [3.8, 4) is 0 Å². The van der Waals surface area contributed by atoms with Crippen LogP contribution < -0.4 is 10.6 Å². The molecule has 21 heavy (non-hydrogen) atoms. The van der Waals surface area contributed by atoms with E-state index in [2.05, 4.69) is 32.6 Å². The molecule has 1 heterocycles. The predicted octanol–water partition coefficient (Wildman–Crippen LogP) is 4.04. The number of nitrogens with one attached hydrogen (secondary N) is 2. The van der Waals surface area contributed by atoms with Gasteiger partial charge in [-0.2, -0.15) is 0 Å². The molecule has 0 saturated heterocycles. The number of halogens is 1. The summed E-state index contributed by atoms with van der Waals surface area (Å²) in [5, 5.41) is 6.34. The number of fused-ring (bicyclic) bond motifs is 1. The Morgan fingerprint density at radius 3 is 2.57 bits per heavy atom. The van der Waals surface area contributed by atoms with Crippen molar-refractivity contribution in [3.63, 3.8) is 0 Å². The fraction of sp³-hybridized carbons (Fsp3) is 0.235. The van der Waals surface area contributed by atoms with E-state index in [0.717, 1.165) is 33.4 Å². The highest BCUT2D eigenvalue weighted by atomic mass is 79.9. The highest BCUT2D eigenvalue weighted by molar-refractivity contribution is 9.10. The highest BCUT2D eigenvalue weighted by Gasteiger charge is 2.26. The molecule has 0 fully saturated rings. The van der Waals surface area contributed by atoms with Crippen LogP contribution in [-0.4, -0.2) is 11.9 Å². The molecular formula is C17H17BrN2O. The molecule has 0 saturated carbocycles. The summed E-state index contributed by atoms with van der Waals surface area (Å²) in [6.45, 7) is 4.01. The zero-order chi connectivity index (χ0) is 15.0. The van der Waals surface area contributed by atoms with Gasteiger partial charge >= 0.3 is 0 Å². The Hall–Kier alpha value is -1.81. The van der Waals surface area contributed by atoms with Gasteiger partial charge in [-0.05, 0) is 48.7 Å². The van der Waals surface area contributed by atoms with Crippen molar-refractivity contribution in [2.45, 2.75) is 26.3 Å². The number of carbonyl (C=O) groups is 1. The zero-order valence-electron chi connectivity index (χ0n) is 12.0. The Morgan fingerprint density at radius 1 is 1.24 bits per heavy atom. The minimum absolute atomic E-state index is 0.0136. The number of anilines is 2. The summed E-state index contributed by atoms with van der Waals surface area (Å²) in [6, 6.07) is 11.9. The van der Waals surface area contributed by atoms with Gasteiger partial charge in [0, 0.05) is 22.3 Å². The Balaban J connectivity index is 1.77. The number of hydrogen-bond acceptors (Lipinski definition) is 2.